The maximum absolute atomic E-state index is 13.1. The number of fused-ring (bicyclic) bond motifs is 1. The molecule has 1 aliphatic heterocycles. The van der Waals surface area contributed by atoms with Gasteiger partial charge in [-0.25, -0.2) is 4.98 Å². The third-order valence-corrected chi connectivity index (χ3v) is 5.58. The number of aromatic nitrogens is 2. The first-order valence-corrected chi connectivity index (χ1v) is 9.19. The first kappa shape index (κ1) is 18.0. The molecule has 0 unspecified atom stereocenters. The second kappa shape index (κ2) is 7.23. The molecule has 1 amide bonds. The van der Waals surface area contributed by atoms with E-state index in [-0.39, 0.29) is 18.0 Å². The molecule has 8 heteroatoms. The van der Waals surface area contributed by atoms with Crippen LogP contribution in [0.4, 0.5) is 0 Å². The predicted molar refractivity (Wildman–Crippen MR) is 98.1 cm³/mol. The van der Waals surface area contributed by atoms with E-state index in [0.717, 1.165) is 15.3 Å². The summed E-state index contributed by atoms with van der Waals surface area (Å²) in [6, 6.07) is 0. The van der Waals surface area contributed by atoms with Gasteiger partial charge in [-0.05, 0) is 33.5 Å². The van der Waals surface area contributed by atoms with Crippen molar-refractivity contribution in [3.05, 3.63) is 26.6 Å². The monoisotopic (exact) mass is 364 g/mol. The molecule has 25 heavy (non-hydrogen) atoms. The van der Waals surface area contributed by atoms with Crippen LogP contribution in [0.1, 0.15) is 16.3 Å². The SMILES string of the molecule is Cc1sc2nc(CN(C)C)n(CC(=O)N3CCOCC3)c(=O)c2c1C. The smallest absolute Gasteiger partial charge is 0.263 e. The van der Waals surface area contributed by atoms with E-state index in [4.69, 9.17) is 9.72 Å². The van der Waals surface area contributed by atoms with Gasteiger partial charge in [0, 0.05) is 18.0 Å². The lowest BCUT2D eigenvalue weighted by molar-refractivity contribution is -0.136. The summed E-state index contributed by atoms with van der Waals surface area (Å²) >= 11 is 1.53. The molecule has 0 atom stereocenters. The van der Waals surface area contributed by atoms with Gasteiger partial charge in [-0.15, -0.1) is 11.3 Å². The Kier molecular flexibility index (Phi) is 5.21. The maximum Gasteiger partial charge on any atom is 0.263 e. The first-order valence-electron chi connectivity index (χ1n) is 8.38. The van der Waals surface area contributed by atoms with Crippen molar-refractivity contribution in [2.45, 2.75) is 26.9 Å². The Morgan fingerprint density at radius 3 is 2.60 bits per heavy atom. The lowest BCUT2D eigenvalue weighted by Crippen LogP contribution is -2.44. The number of hydrogen-bond donors (Lipinski definition) is 0. The van der Waals surface area contributed by atoms with Gasteiger partial charge in [0.05, 0.1) is 25.1 Å². The molecular weight excluding hydrogens is 340 g/mol. The van der Waals surface area contributed by atoms with E-state index in [2.05, 4.69) is 0 Å². The molecule has 3 rings (SSSR count). The summed E-state index contributed by atoms with van der Waals surface area (Å²) in [5, 5.41) is 0.639. The first-order chi connectivity index (χ1) is 11.9. The summed E-state index contributed by atoms with van der Waals surface area (Å²) in [4.78, 5) is 36.0. The number of aryl methyl sites for hydroxylation is 2. The van der Waals surface area contributed by atoms with Crippen molar-refractivity contribution >= 4 is 27.5 Å². The van der Waals surface area contributed by atoms with E-state index in [9.17, 15) is 9.59 Å². The minimum Gasteiger partial charge on any atom is -0.378 e. The number of nitrogens with zero attached hydrogens (tertiary/aromatic N) is 4. The molecule has 3 heterocycles. The maximum atomic E-state index is 13.1. The zero-order chi connectivity index (χ0) is 18.1. The summed E-state index contributed by atoms with van der Waals surface area (Å²) in [6.45, 7) is 6.71. The average molecular weight is 364 g/mol. The molecule has 7 nitrogen and oxygen atoms in total. The summed E-state index contributed by atoms with van der Waals surface area (Å²) in [5.74, 6) is 0.571. The van der Waals surface area contributed by atoms with Gasteiger partial charge in [-0.1, -0.05) is 0 Å². The van der Waals surface area contributed by atoms with Gasteiger partial charge in [0.1, 0.15) is 17.2 Å². The number of amides is 1. The highest BCUT2D eigenvalue weighted by Gasteiger charge is 2.22. The molecule has 0 aromatic carbocycles. The van der Waals surface area contributed by atoms with Crippen molar-refractivity contribution in [3.63, 3.8) is 0 Å². The molecule has 0 aliphatic carbocycles. The zero-order valence-corrected chi connectivity index (χ0v) is 16.0. The molecule has 136 valence electrons. The highest BCUT2D eigenvalue weighted by atomic mass is 32.1. The van der Waals surface area contributed by atoms with Crippen LogP contribution in [0.15, 0.2) is 4.79 Å². The molecule has 2 aromatic rings. The Morgan fingerprint density at radius 1 is 1.28 bits per heavy atom. The number of carbonyl (C=O) groups excluding carboxylic acids is 1. The molecular formula is C17H24N4O3S. The van der Waals surface area contributed by atoms with Gasteiger partial charge in [-0.2, -0.15) is 0 Å². The minimum atomic E-state index is -0.120. The van der Waals surface area contributed by atoms with Crippen LogP contribution in [-0.2, 0) is 22.6 Å². The molecule has 1 aliphatic rings. The van der Waals surface area contributed by atoms with Crippen molar-refractivity contribution in [1.29, 1.82) is 0 Å². The minimum absolute atomic E-state index is 0.0271. The predicted octanol–water partition coefficient (Wildman–Crippen LogP) is 0.995. The number of ether oxygens (including phenoxy) is 1. The van der Waals surface area contributed by atoms with Crippen LogP contribution >= 0.6 is 11.3 Å². The van der Waals surface area contributed by atoms with E-state index >= 15 is 0 Å². The molecule has 0 bridgehead atoms. The summed E-state index contributed by atoms with van der Waals surface area (Å²) in [7, 11) is 3.85. The van der Waals surface area contributed by atoms with Gasteiger partial charge >= 0.3 is 0 Å². The highest BCUT2D eigenvalue weighted by Crippen LogP contribution is 2.26. The van der Waals surface area contributed by atoms with Crippen LogP contribution in [0.2, 0.25) is 0 Å². The second-order valence-corrected chi connectivity index (χ2v) is 7.82. The Hall–Kier alpha value is -1.77. The molecule has 2 aromatic heterocycles. The van der Waals surface area contributed by atoms with Gasteiger partial charge in [0.25, 0.3) is 5.56 Å². The Labute approximate surface area is 150 Å². The van der Waals surface area contributed by atoms with Crippen molar-refractivity contribution < 1.29 is 9.53 Å². The molecule has 1 fully saturated rings. The zero-order valence-electron chi connectivity index (χ0n) is 15.2. The van der Waals surface area contributed by atoms with Crippen LogP contribution in [0, 0.1) is 13.8 Å². The number of morpholine rings is 1. The summed E-state index contributed by atoms with van der Waals surface area (Å²) < 4.78 is 6.84. The molecule has 0 saturated carbocycles. The Balaban J connectivity index is 2.04. The number of rotatable bonds is 4. The van der Waals surface area contributed by atoms with Crippen LogP contribution in [0.3, 0.4) is 0 Å². The van der Waals surface area contributed by atoms with E-state index in [0.29, 0.717) is 44.1 Å². The van der Waals surface area contributed by atoms with Crippen LogP contribution in [0.5, 0.6) is 0 Å². The second-order valence-electron chi connectivity index (χ2n) is 6.61. The fourth-order valence-electron chi connectivity index (χ4n) is 2.98. The van der Waals surface area contributed by atoms with Gasteiger partial charge in [0.15, 0.2) is 0 Å². The van der Waals surface area contributed by atoms with Crippen LogP contribution in [0.25, 0.3) is 10.2 Å². The third-order valence-electron chi connectivity index (χ3n) is 4.48. The molecule has 0 N–H and O–H groups in total. The lowest BCUT2D eigenvalue weighted by Gasteiger charge is -2.27. The van der Waals surface area contributed by atoms with E-state index in [1.807, 2.05) is 32.8 Å². The standard InChI is InChI=1S/C17H24N4O3S/c1-11-12(2)25-16-15(11)17(23)21(13(18-16)9-19(3)4)10-14(22)20-5-7-24-8-6-20/h5-10H2,1-4H3. The quantitative estimate of drug-likeness (QED) is 0.810. The molecule has 0 radical (unpaired) electrons. The normalized spacial score (nSPS) is 15.3. The number of carbonyl (C=O) groups is 1. The van der Waals surface area contributed by atoms with Gasteiger partial charge < -0.3 is 14.5 Å². The summed E-state index contributed by atoms with van der Waals surface area (Å²) in [5.41, 5.74) is 0.840. The number of thiophene rings is 1. The van der Waals surface area contributed by atoms with Crippen LogP contribution < -0.4 is 5.56 Å². The van der Waals surface area contributed by atoms with Crippen molar-refractivity contribution in [1.82, 2.24) is 19.4 Å². The highest BCUT2D eigenvalue weighted by molar-refractivity contribution is 7.18. The third kappa shape index (κ3) is 3.61. The lowest BCUT2D eigenvalue weighted by atomic mass is 10.2. The molecule has 0 spiro atoms. The van der Waals surface area contributed by atoms with E-state index in [1.54, 1.807) is 9.47 Å². The van der Waals surface area contributed by atoms with Crippen LogP contribution in [-0.4, -0.2) is 65.7 Å². The topological polar surface area (TPSA) is 67.7 Å². The fraction of sp³-hybridized carbons (Fsp3) is 0.588. The van der Waals surface area contributed by atoms with Crippen molar-refractivity contribution in [2.24, 2.45) is 0 Å². The largest absolute Gasteiger partial charge is 0.378 e. The average Bonchev–Trinajstić information content (AvgIpc) is 2.85. The van der Waals surface area contributed by atoms with Crippen molar-refractivity contribution in [3.8, 4) is 0 Å². The van der Waals surface area contributed by atoms with Gasteiger partial charge in [-0.3, -0.25) is 14.2 Å². The van der Waals surface area contributed by atoms with E-state index in [1.165, 1.54) is 11.3 Å². The Morgan fingerprint density at radius 2 is 1.96 bits per heavy atom. The van der Waals surface area contributed by atoms with Gasteiger partial charge in [0.2, 0.25) is 5.91 Å². The fourth-order valence-corrected chi connectivity index (χ4v) is 4.02. The van der Waals surface area contributed by atoms with E-state index < -0.39 is 0 Å². The number of hydrogen-bond acceptors (Lipinski definition) is 6. The molecule has 1 saturated heterocycles. The Bertz CT molecular complexity index is 850. The van der Waals surface area contributed by atoms with Crippen molar-refractivity contribution in [2.75, 3.05) is 40.4 Å². The summed E-state index contributed by atoms with van der Waals surface area (Å²) in [6.07, 6.45) is 0.